The molecule has 0 atom stereocenters. The minimum Gasteiger partial charge on any atom is -0.304 e. The number of nitriles is 1. The topological polar surface area (TPSA) is 51.4 Å². The summed E-state index contributed by atoms with van der Waals surface area (Å²) < 4.78 is 0. The van der Waals surface area contributed by atoms with Crippen LogP contribution in [0.2, 0.25) is 0 Å². The third kappa shape index (κ3) is 7.23. The van der Waals surface area contributed by atoms with Crippen LogP contribution < -0.4 is 5.32 Å². The normalized spacial score (nSPS) is 11.9. The number of thioether (sulfide) groups is 1. The van der Waals surface area contributed by atoms with Crippen LogP contribution in [-0.4, -0.2) is 42.5 Å². The highest BCUT2D eigenvalue weighted by Crippen LogP contribution is 1.98. The van der Waals surface area contributed by atoms with E-state index in [0.717, 1.165) is 19.5 Å². The Morgan fingerprint density at radius 3 is 2.73 bits per heavy atom. The Morgan fingerprint density at radius 1 is 1.60 bits per heavy atom. The molecule has 0 aliphatic rings. The number of rotatable bonds is 5. The summed E-state index contributed by atoms with van der Waals surface area (Å²) in [5, 5.41) is 11.7. The average Bonchev–Trinajstić information content (AvgIpc) is 2.22. The molecule has 0 unspecified atom stereocenters. The van der Waals surface area contributed by atoms with Crippen molar-refractivity contribution >= 4 is 16.9 Å². The predicted molar refractivity (Wildman–Crippen MR) is 66.9 cm³/mol. The zero-order valence-corrected chi connectivity index (χ0v) is 10.8. The van der Waals surface area contributed by atoms with Crippen LogP contribution in [0.4, 0.5) is 0 Å². The summed E-state index contributed by atoms with van der Waals surface area (Å²) in [4.78, 5) is 6.57. The van der Waals surface area contributed by atoms with Crippen LogP contribution in [0, 0.1) is 11.5 Å². The lowest BCUT2D eigenvalue weighted by Gasteiger charge is -2.20. The Morgan fingerprint density at radius 2 is 2.27 bits per heavy atom. The van der Waals surface area contributed by atoms with Gasteiger partial charge in [0.15, 0.2) is 11.4 Å². The summed E-state index contributed by atoms with van der Waals surface area (Å²) in [6.07, 6.45) is 4.80. The van der Waals surface area contributed by atoms with Gasteiger partial charge >= 0.3 is 0 Å². The summed E-state index contributed by atoms with van der Waals surface area (Å²) in [5.41, 5.74) is 0. The zero-order valence-electron chi connectivity index (χ0n) is 9.95. The molecule has 86 valence electrons. The SMILES string of the molecule is CSC(=NCCCN(C)C(C)C)NC#N. The van der Waals surface area contributed by atoms with E-state index in [1.165, 1.54) is 11.8 Å². The van der Waals surface area contributed by atoms with Crippen LogP contribution in [0.3, 0.4) is 0 Å². The van der Waals surface area contributed by atoms with Crippen molar-refractivity contribution in [2.75, 3.05) is 26.4 Å². The maximum absolute atomic E-state index is 8.42. The Bertz CT molecular complexity index is 232. The molecule has 0 aliphatic heterocycles. The molecule has 0 amide bonds. The number of nitrogens with zero attached hydrogens (tertiary/aromatic N) is 3. The fourth-order valence-corrected chi connectivity index (χ4v) is 1.33. The second kappa shape index (κ2) is 8.57. The molecular weight excluding hydrogens is 208 g/mol. The minimum atomic E-state index is 0.575. The van der Waals surface area contributed by atoms with E-state index < -0.39 is 0 Å². The molecule has 1 N–H and O–H groups in total. The van der Waals surface area contributed by atoms with Crippen LogP contribution in [0.15, 0.2) is 4.99 Å². The third-order valence-electron chi connectivity index (χ3n) is 2.16. The zero-order chi connectivity index (χ0) is 11.7. The second-order valence-electron chi connectivity index (χ2n) is 3.56. The monoisotopic (exact) mass is 228 g/mol. The van der Waals surface area contributed by atoms with Crippen molar-refractivity contribution in [1.82, 2.24) is 10.2 Å². The fraction of sp³-hybridized carbons (Fsp3) is 0.800. The van der Waals surface area contributed by atoms with Crippen LogP contribution >= 0.6 is 11.8 Å². The van der Waals surface area contributed by atoms with Gasteiger partial charge in [0.25, 0.3) is 0 Å². The molecular formula is C10H20N4S. The van der Waals surface area contributed by atoms with Crippen molar-refractivity contribution < 1.29 is 0 Å². The Hall–Kier alpha value is -0.730. The summed E-state index contributed by atoms with van der Waals surface area (Å²) in [5.74, 6) is 0. The Balaban J connectivity index is 3.72. The van der Waals surface area contributed by atoms with Crippen molar-refractivity contribution in [2.24, 2.45) is 4.99 Å². The van der Waals surface area contributed by atoms with E-state index >= 15 is 0 Å². The molecule has 0 aromatic rings. The largest absolute Gasteiger partial charge is 0.304 e. The summed E-state index contributed by atoms with van der Waals surface area (Å²) in [6.45, 7) is 6.15. The summed E-state index contributed by atoms with van der Waals surface area (Å²) in [6, 6.07) is 0.575. The van der Waals surface area contributed by atoms with E-state index in [1.807, 2.05) is 12.4 Å². The van der Waals surface area contributed by atoms with E-state index in [0.29, 0.717) is 11.2 Å². The van der Waals surface area contributed by atoms with Crippen molar-refractivity contribution in [1.29, 1.82) is 5.26 Å². The number of nitrogens with one attached hydrogen (secondary N) is 1. The van der Waals surface area contributed by atoms with E-state index in [1.54, 1.807) is 0 Å². The van der Waals surface area contributed by atoms with Crippen LogP contribution in [-0.2, 0) is 0 Å². The lowest BCUT2D eigenvalue weighted by atomic mass is 10.3. The van der Waals surface area contributed by atoms with Gasteiger partial charge in [-0.3, -0.25) is 10.3 Å². The Labute approximate surface area is 96.7 Å². The van der Waals surface area contributed by atoms with Crippen LogP contribution in [0.1, 0.15) is 20.3 Å². The molecule has 0 saturated heterocycles. The molecule has 0 aliphatic carbocycles. The molecule has 5 heteroatoms. The highest BCUT2D eigenvalue weighted by molar-refractivity contribution is 8.13. The van der Waals surface area contributed by atoms with Gasteiger partial charge in [0, 0.05) is 12.6 Å². The number of amidine groups is 1. The number of aliphatic imine (C=N–C) groups is 1. The van der Waals surface area contributed by atoms with Gasteiger partial charge in [0.05, 0.1) is 0 Å². The standard InChI is InChI=1S/C10H20N4S/c1-9(2)14(3)7-5-6-12-10(15-4)13-8-11/h9H,5-7H2,1-4H3,(H,12,13). The van der Waals surface area contributed by atoms with Crippen molar-refractivity contribution in [3.05, 3.63) is 0 Å². The molecule has 0 heterocycles. The number of hydrogen-bond acceptors (Lipinski definition) is 4. The van der Waals surface area contributed by atoms with E-state index in [9.17, 15) is 0 Å². The fourth-order valence-electron chi connectivity index (χ4n) is 0.962. The van der Waals surface area contributed by atoms with Gasteiger partial charge in [-0.1, -0.05) is 11.8 Å². The second-order valence-corrected chi connectivity index (χ2v) is 4.35. The van der Waals surface area contributed by atoms with Crippen molar-refractivity contribution in [3.8, 4) is 6.19 Å². The lowest BCUT2D eigenvalue weighted by molar-refractivity contribution is 0.272. The average molecular weight is 228 g/mol. The van der Waals surface area contributed by atoms with Gasteiger partial charge in [-0.15, -0.1) is 0 Å². The predicted octanol–water partition coefficient (Wildman–Crippen LogP) is 1.51. The summed E-state index contributed by atoms with van der Waals surface area (Å²) >= 11 is 1.46. The van der Waals surface area contributed by atoms with Crippen molar-refractivity contribution in [2.45, 2.75) is 26.3 Å². The summed E-state index contributed by atoms with van der Waals surface area (Å²) in [7, 11) is 2.11. The molecule has 0 saturated carbocycles. The molecule has 0 bridgehead atoms. The molecule has 0 aromatic carbocycles. The highest BCUT2D eigenvalue weighted by Gasteiger charge is 2.01. The van der Waals surface area contributed by atoms with Gasteiger partial charge < -0.3 is 4.90 Å². The Kier molecular flexibility index (Phi) is 8.15. The third-order valence-corrected chi connectivity index (χ3v) is 2.78. The first kappa shape index (κ1) is 14.3. The lowest BCUT2D eigenvalue weighted by Crippen LogP contribution is -2.27. The van der Waals surface area contributed by atoms with Crippen molar-refractivity contribution in [3.63, 3.8) is 0 Å². The molecule has 4 nitrogen and oxygen atoms in total. The van der Waals surface area contributed by atoms with Crippen LogP contribution in [0.5, 0.6) is 0 Å². The van der Waals surface area contributed by atoms with Gasteiger partial charge in [-0.2, -0.15) is 5.26 Å². The van der Waals surface area contributed by atoms with Gasteiger partial charge in [-0.05, 0) is 40.1 Å². The van der Waals surface area contributed by atoms with Gasteiger partial charge in [-0.25, -0.2) is 0 Å². The molecule has 0 rings (SSSR count). The molecule has 0 spiro atoms. The van der Waals surface area contributed by atoms with E-state index in [-0.39, 0.29) is 0 Å². The maximum Gasteiger partial charge on any atom is 0.183 e. The number of hydrogen-bond donors (Lipinski definition) is 1. The van der Waals surface area contributed by atoms with Crippen LogP contribution in [0.25, 0.3) is 0 Å². The van der Waals surface area contributed by atoms with E-state index in [2.05, 4.69) is 36.1 Å². The van der Waals surface area contributed by atoms with Gasteiger partial charge in [0.2, 0.25) is 0 Å². The first-order valence-corrected chi connectivity index (χ1v) is 6.28. The molecule has 0 radical (unpaired) electrons. The first-order valence-electron chi connectivity index (χ1n) is 5.05. The molecule has 0 aromatic heterocycles. The molecule has 0 fully saturated rings. The quantitative estimate of drug-likeness (QED) is 0.255. The smallest absolute Gasteiger partial charge is 0.183 e. The first-order chi connectivity index (χ1) is 7.11. The minimum absolute atomic E-state index is 0.575. The van der Waals surface area contributed by atoms with E-state index in [4.69, 9.17) is 5.26 Å². The van der Waals surface area contributed by atoms with Gasteiger partial charge in [0.1, 0.15) is 0 Å². The molecule has 15 heavy (non-hydrogen) atoms. The maximum atomic E-state index is 8.42. The highest BCUT2D eigenvalue weighted by atomic mass is 32.2.